The van der Waals surface area contributed by atoms with E-state index < -0.39 is 0 Å². The lowest BCUT2D eigenvalue weighted by Crippen LogP contribution is -2.17. The molecule has 0 radical (unpaired) electrons. The van der Waals surface area contributed by atoms with Crippen molar-refractivity contribution < 1.29 is 0 Å². The number of nitrogen functional groups attached to an aromatic ring is 1. The fourth-order valence-corrected chi connectivity index (χ4v) is 1.48. The van der Waals surface area contributed by atoms with Gasteiger partial charge < -0.3 is 5.73 Å². The van der Waals surface area contributed by atoms with Crippen molar-refractivity contribution in [2.75, 3.05) is 0 Å². The predicted octanol–water partition coefficient (Wildman–Crippen LogP) is 0.862. The van der Waals surface area contributed by atoms with Crippen molar-refractivity contribution in [3.63, 3.8) is 0 Å². The Morgan fingerprint density at radius 2 is 2.29 bits per heavy atom. The molecule has 0 aromatic carbocycles. The van der Waals surface area contributed by atoms with Gasteiger partial charge in [-0.05, 0) is 18.2 Å². The Bertz CT molecular complexity index is 577. The molecule has 0 saturated carbocycles. The fourth-order valence-electron chi connectivity index (χ4n) is 1.48. The molecule has 0 aliphatic carbocycles. The highest BCUT2D eigenvalue weighted by Gasteiger charge is 2.11. The third kappa shape index (κ3) is 2.16. The van der Waals surface area contributed by atoms with Gasteiger partial charge in [0.05, 0.1) is 5.69 Å². The molecule has 2 aromatic heterocycles. The average molecular weight is 225 g/mol. The second kappa shape index (κ2) is 4.49. The molecular weight excluding hydrogens is 214 g/mol. The van der Waals surface area contributed by atoms with Crippen molar-refractivity contribution >= 4 is 5.84 Å². The van der Waals surface area contributed by atoms with Gasteiger partial charge in [-0.3, -0.25) is 10.4 Å². The number of nitrogens with two attached hydrogens (primary N) is 1. The zero-order valence-corrected chi connectivity index (χ0v) is 9.09. The zero-order chi connectivity index (χ0) is 12.3. The Kier molecular flexibility index (Phi) is 2.88. The third-order valence-electron chi connectivity index (χ3n) is 2.22. The van der Waals surface area contributed by atoms with Crippen molar-refractivity contribution in [1.29, 1.82) is 5.41 Å². The fraction of sp³-hybridized carbons (Fsp3) is 0.0833. The highest BCUT2D eigenvalue weighted by atomic mass is 15.3. The van der Waals surface area contributed by atoms with Crippen molar-refractivity contribution in [3.05, 3.63) is 36.2 Å². The van der Waals surface area contributed by atoms with Gasteiger partial charge in [-0.2, -0.15) is 5.10 Å². The molecule has 0 saturated heterocycles. The highest BCUT2D eigenvalue weighted by Crippen LogP contribution is 2.16. The van der Waals surface area contributed by atoms with Crippen molar-refractivity contribution in [1.82, 2.24) is 14.8 Å². The van der Waals surface area contributed by atoms with E-state index in [4.69, 9.17) is 17.6 Å². The van der Waals surface area contributed by atoms with Crippen LogP contribution in [0.2, 0.25) is 0 Å². The molecule has 2 aromatic rings. The third-order valence-corrected chi connectivity index (χ3v) is 2.22. The van der Waals surface area contributed by atoms with Gasteiger partial charge in [0.25, 0.3) is 0 Å². The first-order valence-electron chi connectivity index (χ1n) is 4.99. The molecule has 5 heteroatoms. The van der Waals surface area contributed by atoms with E-state index in [1.54, 1.807) is 12.3 Å². The van der Waals surface area contributed by atoms with Gasteiger partial charge in [-0.15, -0.1) is 6.42 Å². The van der Waals surface area contributed by atoms with E-state index in [9.17, 15) is 0 Å². The molecule has 0 atom stereocenters. The van der Waals surface area contributed by atoms with Gasteiger partial charge in [-0.1, -0.05) is 12.0 Å². The van der Waals surface area contributed by atoms with Crippen LogP contribution in [-0.2, 0) is 6.54 Å². The first kappa shape index (κ1) is 10.9. The predicted molar refractivity (Wildman–Crippen MR) is 65.3 cm³/mol. The van der Waals surface area contributed by atoms with Crippen LogP contribution in [0.1, 0.15) is 5.69 Å². The van der Waals surface area contributed by atoms with Crippen LogP contribution in [0.15, 0.2) is 30.5 Å². The van der Waals surface area contributed by atoms with Crippen LogP contribution in [0.25, 0.3) is 11.4 Å². The van der Waals surface area contributed by atoms with E-state index in [1.165, 1.54) is 4.68 Å². The molecule has 0 spiro atoms. The zero-order valence-electron chi connectivity index (χ0n) is 9.09. The summed E-state index contributed by atoms with van der Waals surface area (Å²) in [6.45, 7) is 0.280. The summed E-state index contributed by atoms with van der Waals surface area (Å²) in [5.74, 6) is 2.41. The van der Waals surface area contributed by atoms with Crippen LogP contribution < -0.4 is 5.73 Å². The van der Waals surface area contributed by atoms with Gasteiger partial charge in [0.15, 0.2) is 0 Å². The van der Waals surface area contributed by atoms with E-state index in [0.29, 0.717) is 11.4 Å². The molecule has 0 fully saturated rings. The molecule has 17 heavy (non-hydrogen) atoms. The van der Waals surface area contributed by atoms with Gasteiger partial charge in [0.2, 0.25) is 0 Å². The largest absolute Gasteiger partial charge is 0.382 e. The number of terminal acetylenes is 1. The maximum Gasteiger partial charge on any atom is 0.141 e. The summed E-state index contributed by atoms with van der Waals surface area (Å²) in [4.78, 5) is 4.18. The van der Waals surface area contributed by atoms with Gasteiger partial charge >= 0.3 is 0 Å². The average Bonchev–Trinajstić information content (AvgIpc) is 2.75. The van der Waals surface area contributed by atoms with Crippen LogP contribution in [0.3, 0.4) is 0 Å². The summed E-state index contributed by atoms with van der Waals surface area (Å²) in [5, 5.41) is 11.7. The molecule has 0 bridgehead atoms. The van der Waals surface area contributed by atoms with Crippen molar-refractivity contribution in [2.45, 2.75) is 6.54 Å². The molecule has 0 aliphatic rings. The molecular formula is C12H11N5. The van der Waals surface area contributed by atoms with Crippen LogP contribution in [0, 0.1) is 17.8 Å². The molecule has 0 unspecified atom stereocenters. The monoisotopic (exact) mass is 225 g/mol. The molecule has 2 heterocycles. The van der Waals surface area contributed by atoms with Gasteiger partial charge in [0.1, 0.15) is 23.8 Å². The van der Waals surface area contributed by atoms with E-state index in [1.807, 2.05) is 18.2 Å². The Hall–Kier alpha value is -2.61. The molecule has 2 rings (SSSR count). The summed E-state index contributed by atoms with van der Waals surface area (Å²) in [7, 11) is 0. The SMILES string of the molecule is C#CCn1nc(-c2ccccn2)cc1C(=N)N. The first-order valence-corrected chi connectivity index (χ1v) is 4.99. The maximum atomic E-state index is 7.46. The number of pyridine rings is 1. The molecule has 3 N–H and O–H groups in total. The van der Waals surface area contributed by atoms with E-state index in [-0.39, 0.29) is 12.4 Å². The Morgan fingerprint density at radius 3 is 2.88 bits per heavy atom. The van der Waals surface area contributed by atoms with Crippen LogP contribution >= 0.6 is 0 Å². The molecule has 0 aliphatic heterocycles. The lowest BCUT2D eigenvalue weighted by atomic mass is 10.2. The second-order valence-corrected chi connectivity index (χ2v) is 3.41. The number of hydrogen-bond acceptors (Lipinski definition) is 3. The quantitative estimate of drug-likeness (QED) is 0.462. The summed E-state index contributed by atoms with van der Waals surface area (Å²) in [6.07, 6.45) is 6.92. The lowest BCUT2D eigenvalue weighted by Gasteiger charge is -1.99. The lowest BCUT2D eigenvalue weighted by molar-refractivity contribution is 0.709. The minimum absolute atomic E-state index is 0.0602. The highest BCUT2D eigenvalue weighted by molar-refractivity contribution is 5.94. The van der Waals surface area contributed by atoms with Crippen LogP contribution in [-0.4, -0.2) is 20.6 Å². The molecule has 5 nitrogen and oxygen atoms in total. The Balaban J connectivity index is 2.48. The summed E-state index contributed by atoms with van der Waals surface area (Å²) >= 11 is 0. The normalized spacial score (nSPS) is 9.82. The summed E-state index contributed by atoms with van der Waals surface area (Å²) in [5.41, 5.74) is 7.36. The van der Waals surface area contributed by atoms with E-state index in [0.717, 1.165) is 5.69 Å². The van der Waals surface area contributed by atoms with E-state index >= 15 is 0 Å². The summed E-state index contributed by atoms with van der Waals surface area (Å²) < 4.78 is 1.52. The number of amidine groups is 1. The smallest absolute Gasteiger partial charge is 0.141 e. The van der Waals surface area contributed by atoms with Crippen LogP contribution in [0.5, 0.6) is 0 Å². The van der Waals surface area contributed by atoms with Gasteiger partial charge in [-0.25, -0.2) is 4.68 Å². The van der Waals surface area contributed by atoms with Crippen LogP contribution in [0.4, 0.5) is 0 Å². The molecule has 84 valence electrons. The summed E-state index contributed by atoms with van der Waals surface area (Å²) in [6, 6.07) is 7.25. The number of hydrogen-bond donors (Lipinski definition) is 2. The van der Waals surface area contributed by atoms with Crippen molar-refractivity contribution in [3.8, 4) is 23.7 Å². The Labute approximate surface area is 98.8 Å². The maximum absolute atomic E-state index is 7.46. The topological polar surface area (TPSA) is 80.6 Å². The number of nitrogens with one attached hydrogen (secondary N) is 1. The Morgan fingerprint density at radius 1 is 1.47 bits per heavy atom. The van der Waals surface area contributed by atoms with Crippen molar-refractivity contribution in [2.24, 2.45) is 5.73 Å². The second-order valence-electron chi connectivity index (χ2n) is 3.41. The minimum atomic E-state index is -0.0602. The van der Waals surface area contributed by atoms with Gasteiger partial charge in [0, 0.05) is 6.20 Å². The number of rotatable bonds is 3. The molecule has 0 amide bonds. The number of nitrogens with zero attached hydrogens (tertiary/aromatic N) is 3. The number of aromatic nitrogens is 3. The minimum Gasteiger partial charge on any atom is -0.382 e. The van der Waals surface area contributed by atoms with E-state index in [2.05, 4.69) is 16.0 Å². The first-order chi connectivity index (χ1) is 8.22. The standard InChI is InChI=1S/C12H11N5/c1-2-7-17-11(12(13)14)8-10(16-17)9-5-3-4-6-15-9/h1,3-6,8H,7H2,(H3,13,14).